The van der Waals surface area contributed by atoms with Crippen molar-refractivity contribution in [3.05, 3.63) is 91.0 Å². The van der Waals surface area contributed by atoms with Gasteiger partial charge in [-0.25, -0.2) is 0 Å². The predicted octanol–water partition coefficient (Wildman–Crippen LogP) is 4.86. The third kappa shape index (κ3) is 4.29. The molecule has 0 aromatic heterocycles. The van der Waals surface area contributed by atoms with E-state index in [4.69, 9.17) is 0 Å². The first kappa shape index (κ1) is 16.4. The second-order valence-electron chi connectivity index (χ2n) is 5.48. The average molecular weight is 336 g/mol. The van der Waals surface area contributed by atoms with Gasteiger partial charge in [0.15, 0.2) is 0 Å². The van der Waals surface area contributed by atoms with Crippen molar-refractivity contribution in [1.82, 2.24) is 0 Å². The second kappa shape index (κ2) is 8.39. The molecule has 0 heterocycles. The van der Waals surface area contributed by atoms with Crippen molar-refractivity contribution in [3.63, 3.8) is 0 Å². The van der Waals surface area contributed by atoms with Gasteiger partial charge in [0.1, 0.15) is 0 Å². The summed E-state index contributed by atoms with van der Waals surface area (Å²) in [6.45, 7) is 2.34. The summed E-state index contributed by atoms with van der Waals surface area (Å²) >= 11 is 0. The van der Waals surface area contributed by atoms with Crippen molar-refractivity contribution in [2.24, 2.45) is 0 Å². The molecule has 0 aliphatic carbocycles. The fourth-order valence-corrected chi connectivity index (χ4v) is 7.96. The maximum Gasteiger partial charge on any atom is 0.00846 e. The molecular formula is C21H22P2. The van der Waals surface area contributed by atoms with Gasteiger partial charge in [0.2, 0.25) is 0 Å². The molecule has 2 atom stereocenters. The zero-order chi connectivity index (χ0) is 15.9. The Morgan fingerprint density at radius 2 is 1.13 bits per heavy atom. The molecule has 0 spiro atoms. The minimum absolute atomic E-state index is 0.326. The van der Waals surface area contributed by atoms with Crippen LogP contribution in [0.25, 0.3) is 0 Å². The highest BCUT2D eigenvalue weighted by atomic mass is 31.2. The van der Waals surface area contributed by atoms with Crippen molar-refractivity contribution in [3.8, 4) is 0 Å². The summed E-state index contributed by atoms with van der Waals surface area (Å²) in [5, 5.41) is 5.14. The lowest BCUT2D eigenvalue weighted by Gasteiger charge is -2.28. The van der Waals surface area contributed by atoms with Gasteiger partial charge in [-0.3, -0.25) is 0 Å². The van der Waals surface area contributed by atoms with Crippen LogP contribution in [0.4, 0.5) is 0 Å². The van der Waals surface area contributed by atoms with Crippen LogP contribution in [-0.4, -0.2) is 5.40 Å². The van der Waals surface area contributed by atoms with E-state index in [1.54, 1.807) is 0 Å². The summed E-state index contributed by atoms with van der Waals surface area (Å²) in [5.41, 5.74) is 0. The van der Waals surface area contributed by atoms with Gasteiger partial charge in [0.25, 0.3) is 0 Å². The van der Waals surface area contributed by atoms with E-state index in [9.17, 15) is 0 Å². The molecule has 0 nitrogen and oxygen atoms in total. The van der Waals surface area contributed by atoms with Crippen LogP contribution in [0.3, 0.4) is 0 Å². The Morgan fingerprint density at radius 3 is 1.57 bits per heavy atom. The van der Waals surface area contributed by atoms with Gasteiger partial charge in [-0.05, 0) is 30.3 Å². The normalized spacial score (nSPS) is 12.8. The van der Waals surface area contributed by atoms with Crippen LogP contribution in [-0.2, 0) is 0 Å². The molecular weight excluding hydrogens is 314 g/mol. The summed E-state index contributed by atoms with van der Waals surface area (Å²) in [4.78, 5) is 0. The van der Waals surface area contributed by atoms with Crippen molar-refractivity contribution >= 4 is 32.4 Å². The Labute approximate surface area is 142 Å². The van der Waals surface area contributed by atoms with E-state index in [0.717, 1.165) is 8.58 Å². The lowest BCUT2D eigenvalue weighted by atomic mass is 10.4. The molecule has 0 fully saturated rings. The van der Waals surface area contributed by atoms with Gasteiger partial charge in [0.05, 0.1) is 0 Å². The van der Waals surface area contributed by atoms with Gasteiger partial charge < -0.3 is 0 Å². The van der Waals surface area contributed by atoms with Crippen LogP contribution >= 0.6 is 16.5 Å². The van der Waals surface area contributed by atoms with E-state index < -0.39 is 0 Å². The highest BCUT2D eigenvalue weighted by Gasteiger charge is 2.23. The van der Waals surface area contributed by atoms with Gasteiger partial charge in [-0.15, -0.1) is 0 Å². The summed E-state index contributed by atoms with van der Waals surface area (Å²) in [7, 11) is 0.530. The molecule has 0 radical (unpaired) electrons. The number of rotatable bonds is 6. The van der Waals surface area contributed by atoms with E-state index >= 15 is 0 Å². The lowest BCUT2D eigenvalue weighted by Crippen LogP contribution is -2.20. The SMILES string of the molecule is CCC(Pc1ccccc1)P(c1ccccc1)c1ccccc1. The third-order valence-corrected chi connectivity index (χ3v) is 9.14. The Morgan fingerprint density at radius 1 is 0.696 bits per heavy atom. The summed E-state index contributed by atoms with van der Waals surface area (Å²) in [6, 6.07) is 33.1. The maximum absolute atomic E-state index is 2.34. The molecule has 2 heteroatoms. The van der Waals surface area contributed by atoms with E-state index in [2.05, 4.69) is 97.9 Å². The first-order chi connectivity index (χ1) is 11.4. The zero-order valence-corrected chi connectivity index (χ0v) is 15.3. The van der Waals surface area contributed by atoms with Gasteiger partial charge in [-0.2, -0.15) is 0 Å². The van der Waals surface area contributed by atoms with Gasteiger partial charge in [0, 0.05) is 5.40 Å². The Bertz CT molecular complexity index is 656. The monoisotopic (exact) mass is 336 g/mol. The standard InChI is InChI=1S/C21H22P2/c1-2-21(22-18-12-6-3-7-13-18)23(19-14-8-4-9-15-19)20-16-10-5-11-17-20/h3-17,21-22H,2H2,1H3. The first-order valence-electron chi connectivity index (χ1n) is 8.09. The molecule has 0 aliphatic rings. The molecule has 0 aliphatic heterocycles. The quantitative estimate of drug-likeness (QED) is 0.564. The highest BCUT2D eigenvalue weighted by Crippen LogP contribution is 2.49. The van der Waals surface area contributed by atoms with Crippen LogP contribution in [0, 0.1) is 0 Å². The number of hydrogen-bond donors (Lipinski definition) is 0. The summed E-state index contributed by atoms with van der Waals surface area (Å²) in [6.07, 6.45) is 1.21. The third-order valence-electron chi connectivity index (χ3n) is 3.87. The molecule has 0 saturated carbocycles. The van der Waals surface area contributed by atoms with Gasteiger partial charge >= 0.3 is 0 Å². The summed E-state index contributed by atoms with van der Waals surface area (Å²) in [5.74, 6) is 0. The van der Waals surface area contributed by atoms with Crippen LogP contribution in [0.15, 0.2) is 91.0 Å². The zero-order valence-electron chi connectivity index (χ0n) is 13.4. The Kier molecular flexibility index (Phi) is 5.98. The first-order valence-corrected chi connectivity index (χ1v) is 10.6. The fraction of sp³-hybridized carbons (Fsp3) is 0.143. The molecule has 3 rings (SSSR count). The minimum atomic E-state index is -0.326. The van der Waals surface area contributed by atoms with E-state index in [-0.39, 0.29) is 7.92 Å². The van der Waals surface area contributed by atoms with Crippen LogP contribution in [0.2, 0.25) is 0 Å². The second-order valence-corrected chi connectivity index (χ2v) is 9.92. The van der Waals surface area contributed by atoms with E-state index in [0.29, 0.717) is 5.40 Å². The topological polar surface area (TPSA) is 0 Å². The number of benzene rings is 3. The van der Waals surface area contributed by atoms with Crippen LogP contribution < -0.4 is 15.9 Å². The van der Waals surface area contributed by atoms with Gasteiger partial charge in [-0.1, -0.05) is 106 Å². The summed E-state index contributed by atoms with van der Waals surface area (Å²) < 4.78 is 0. The Balaban J connectivity index is 1.96. The van der Waals surface area contributed by atoms with Crippen molar-refractivity contribution in [1.29, 1.82) is 0 Å². The highest BCUT2D eigenvalue weighted by molar-refractivity contribution is 7.81. The van der Waals surface area contributed by atoms with Crippen molar-refractivity contribution in [2.45, 2.75) is 18.7 Å². The smallest absolute Gasteiger partial charge is 0.00846 e. The van der Waals surface area contributed by atoms with E-state index in [1.807, 2.05) is 0 Å². The molecule has 0 saturated heterocycles. The van der Waals surface area contributed by atoms with Crippen molar-refractivity contribution < 1.29 is 0 Å². The lowest BCUT2D eigenvalue weighted by molar-refractivity contribution is 1.05. The molecule has 3 aromatic rings. The molecule has 0 amide bonds. The largest absolute Gasteiger partial charge is 0.0822 e. The van der Waals surface area contributed by atoms with Crippen LogP contribution in [0.1, 0.15) is 13.3 Å². The van der Waals surface area contributed by atoms with Crippen molar-refractivity contribution in [2.75, 3.05) is 0 Å². The molecule has 0 bridgehead atoms. The molecule has 0 N–H and O–H groups in total. The molecule has 116 valence electrons. The minimum Gasteiger partial charge on any atom is -0.0822 e. The Hall–Kier alpha value is -1.48. The maximum atomic E-state index is 2.34. The molecule has 2 unspecified atom stereocenters. The fourth-order valence-electron chi connectivity index (χ4n) is 2.76. The van der Waals surface area contributed by atoms with Crippen LogP contribution in [0.5, 0.6) is 0 Å². The number of hydrogen-bond acceptors (Lipinski definition) is 0. The average Bonchev–Trinajstić information content (AvgIpc) is 2.64. The molecule has 23 heavy (non-hydrogen) atoms. The molecule has 3 aromatic carbocycles. The predicted molar refractivity (Wildman–Crippen MR) is 108 cm³/mol. The van der Waals surface area contributed by atoms with E-state index in [1.165, 1.54) is 22.3 Å².